The molecule has 1 aromatic carbocycles. The third-order valence-corrected chi connectivity index (χ3v) is 5.85. The van der Waals surface area contributed by atoms with Crippen LogP contribution < -0.4 is 14.8 Å². The lowest BCUT2D eigenvalue weighted by Crippen LogP contribution is -2.25. The second-order valence-corrected chi connectivity index (χ2v) is 8.58. The van der Waals surface area contributed by atoms with Crippen molar-refractivity contribution in [2.45, 2.75) is 45.8 Å². The van der Waals surface area contributed by atoms with Gasteiger partial charge in [-0.2, -0.15) is 5.10 Å². The fourth-order valence-electron chi connectivity index (χ4n) is 4.18. The zero-order valence-electron chi connectivity index (χ0n) is 19.6. The molecule has 1 saturated heterocycles. The van der Waals surface area contributed by atoms with Gasteiger partial charge in [0.05, 0.1) is 19.4 Å². The number of nitrogens with zero attached hydrogens (tertiary/aromatic N) is 3. The molecule has 1 aliphatic heterocycles. The highest BCUT2D eigenvalue weighted by atomic mass is 16.5. The molecule has 0 radical (unpaired) electrons. The van der Waals surface area contributed by atoms with Gasteiger partial charge in [-0.05, 0) is 55.7 Å². The second kappa shape index (κ2) is 9.94. The Kier molecular flexibility index (Phi) is 6.82. The van der Waals surface area contributed by atoms with E-state index in [1.807, 2.05) is 55.3 Å². The fourth-order valence-corrected chi connectivity index (χ4v) is 4.18. The third kappa shape index (κ3) is 5.27. The molecule has 8 heteroatoms. The Hall–Kier alpha value is -3.55. The summed E-state index contributed by atoms with van der Waals surface area (Å²) < 4.78 is 11.3. The largest absolute Gasteiger partial charge is 0.493 e. The quantitative estimate of drug-likeness (QED) is 0.535. The number of amides is 1. The van der Waals surface area contributed by atoms with E-state index in [0.717, 1.165) is 53.5 Å². The van der Waals surface area contributed by atoms with Gasteiger partial charge < -0.3 is 19.7 Å². The minimum atomic E-state index is 0.0809. The molecule has 33 heavy (non-hydrogen) atoms. The van der Waals surface area contributed by atoms with E-state index in [2.05, 4.69) is 20.5 Å². The smallest absolute Gasteiger partial charge is 0.219 e. The van der Waals surface area contributed by atoms with E-state index in [0.29, 0.717) is 12.3 Å². The number of H-pyrrole nitrogens is 1. The van der Waals surface area contributed by atoms with Crippen LogP contribution >= 0.6 is 0 Å². The SMILES string of the molecule is COc1cc(CNc2cc(-c3cn[nH]c3C3CCN(C(C)=O)C3)ccn2)ccc1OC(C)C. The summed E-state index contributed by atoms with van der Waals surface area (Å²) in [5.74, 6) is 2.60. The summed E-state index contributed by atoms with van der Waals surface area (Å²) in [6.45, 7) is 7.71. The summed E-state index contributed by atoms with van der Waals surface area (Å²) in [5.41, 5.74) is 4.22. The van der Waals surface area contributed by atoms with Gasteiger partial charge in [0.2, 0.25) is 5.91 Å². The average molecular weight is 450 g/mol. The first kappa shape index (κ1) is 22.6. The van der Waals surface area contributed by atoms with E-state index < -0.39 is 0 Å². The molecular weight excluding hydrogens is 418 g/mol. The molecule has 174 valence electrons. The Morgan fingerprint density at radius 3 is 2.85 bits per heavy atom. The zero-order valence-corrected chi connectivity index (χ0v) is 19.6. The molecule has 2 N–H and O–H groups in total. The highest BCUT2D eigenvalue weighted by Gasteiger charge is 2.28. The van der Waals surface area contributed by atoms with E-state index >= 15 is 0 Å². The maximum Gasteiger partial charge on any atom is 0.219 e. The summed E-state index contributed by atoms with van der Waals surface area (Å²) in [7, 11) is 1.65. The van der Waals surface area contributed by atoms with Gasteiger partial charge in [0.15, 0.2) is 11.5 Å². The van der Waals surface area contributed by atoms with E-state index in [1.165, 1.54) is 0 Å². The summed E-state index contributed by atoms with van der Waals surface area (Å²) >= 11 is 0. The molecule has 2 aromatic heterocycles. The van der Waals surface area contributed by atoms with Crippen LogP contribution in [0.5, 0.6) is 11.5 Å². The number of ether oxygens (including phenoxy) is 2. The van der Waals surface area contributed by atoms with Gasteiger partial charge in [0, 0.05) is 49.9 Å². The first-order chi connectivity index (χ1) is 15.9. The zero-order chi connectivity index (χ0) is 23.4. The maximum absolute atomic E-state index is 11.7. The molecular formula is C25H31N5O3. The van der Waals surface area contributed by atoms with Gasteiger partial charge in [-0.1, -0.05) is 6.07 Å². The van der Waals surface area contributed by atoms with Crippen molar-refractivity contribution in [2.75, 3.05) is 25.5 Å². The summed E-state index contributed by atoms with van der Waals surface area (Å²) in [6, 6.07) is 9.94. The van der Waals surface area contributed by atoms with E-state index in [4.69, 9.17) is 9.47 Å². The maximum atomic E-state index is 11.7. The van der Waals surface area contributed by atoms with Crippen LogP contribution in [0, 0.1) is 0 Å². The van der Waals surface area contributed by atoms with E-state index in [9.17, 15) is 4.79 Å². The Labute approximate surface area is 194 Å². The Morgan fingerprint density at radius 1 is 1.27 bits per heavy atom. The van der Waals surface area contributed by atoms with Crippen molar-refractivity contribution in [3.05, 3.63) is 54.0 Å². The number of rotatable bonds is 8. The number of aromatic nitrogens is 3. The molecule has 0 saturated carbocycles. The van der Waals surface area contributed by atoms with Crippen molar-refractivity contribution in [3.8, 4) is 22.6 Å². The predicted octanol–water partition coefficient (Wildman–Crippen LogP) is 4.22. The molecule has 0 bridgehead atoms. The number of hydrogen-bond acceptors (Lipinski definition) is 6. The Morgan fingerprint density at radius 2 is 2.12 bits per heavy atom. The predicted molar refractivity (Wildman–Crippen MR) is 128 cm³/mol. The van der Waals surface area contributed by atoms with Crippen molar-refractivity contribution in [2.24, 2.45) is 0 Å². The molecule has 0 spiro atoms. The van der Waals surface area contributed by atoms with Crippen LogP contribution in [-0.2, 0) is 11.3 Å². The van der Waals surface area contributed by atoms with Gasteiger partial charge in [0.1, 0.15) is 5.82 Å². The highest BCUT2D eigenvalue weighted by Crippen LogP contribution is 2.34. The van der Waals surface area contributed by atoms with Crippen LogP contribution in [0.2, 0.25) is 0 Å². The van der Waals surface area contributed by atoms with Crippen molar-refractivity contribution in [1.29, 1.82) is 0 Å². The Bertz CT molecular complexity index is 1110. The standard InChI is InChI=1S/C25H31N5O3/c1-16(2)33-22-6-5-18(11-23(22)32-4)13-27-24-12-19(7-9-26-24)21-14-28-29-25(21)20-8-10-30(15-20)17(3)31/h5-7,9,11-12,14,16,20H,8,10,13,15H2,1-4H3,(H,26,27)(H,28,29). The summed E-state index contributed by atoms with van der Waals surface area (Å²) in [4.78, 5) is 18.1. The van der Waals surface area contributed by atoms with Crippen molar-refractivity contribution in [3.63, 3.8) is 0 Å². The number of aromatic amines is 1. The molecule has 0 aliphatic carbocycles. The number of benzene rings is 1. The summed E-state index contributed by atoms with van der Waals surface area (Å²) in [6.07, 6.45) is 4.66. The van der Waals surface area contributed by atoms with Crippen LogP contribution in [0.3, 0.4) is 0 Å². The van der Waals surface area contributed by atoms with Gasteiger partial charge >= 0.3 is 0 Å². The Balaban J connectivity index is 1.47. The lowest BCUT2D eigenvalue weighted by molar-refractivity contribution is -0.127. The number of anilines is 1. The van der Waals surface area contributed by atoms with E-state index in [-0.39, 0.29) is 17.9 Å². The molecule has 1 aliphatic rings. The number of pyridine rings is 1. The molecule has 1 unspecified atom stereocenters. The van der Waals surface area contributed by atoms with Crippen LogP contribution in [0.1, 0.15) is 44.4 Å². The van der Waals surface area contributed by atoms with Crippen LogP contribution in [-0.4, -0.2) is 52.3 Å². The highest BCUT2D eigenvalue weighted by molar-refractivity contribution is 5.74. The number of likely N-dealkylation sites (tertiary alicyclic amines) is 1. The molecule has 3 aromatic rings. The molecule has 4 rings (SSSR count). The van der Waals surface area contributed by atoms with Crippen molar-refractivity contribution in [1.82, 2.24) is 20.1 Å². The van der Waals surface area contributed by atoms with E-state index in [1.54, 1.807) is 20.2 Å². The molecule has 8 nitrogen and oxygen atoms in total. The molecule has 1 amide bonds. The first-order valence-electron chi connectivity index (χ1n) is 11.3. The lowest BCUT2D eigenvalue weighted by atomic mass is 9.97. The number of carbonyl (C=O) groups is 1. The molecule has 1 atom stereocenters. The third-order valence-electron chi connectivity index (χ3n) is 5.85. The lowest BCUT2D eigenvalue weighted by Gasteiger charge is -2.15. The van der Waals surface area contributed by atoms with Crippen LogP contribution in [0.25, 0.3) is 11.1 Å². The minimum absolute atomic E-state index is 0.0809. The normalized spacial score (nSPS) is 15.7. The molecule has 1 fully saturated rings. The molecule has 3 heterocycles. The van der Waals surface area contributed by atoms with Crippen LogP contribution in [0.4, 0.5) is 5.82 Å². The number of hydrogen-bond donors (Lipinski definition) is 2. The van der Waals surface area contributed by atoms with Gasteiger partial charge in [-0.25, -0.2) is 4.98 Å². The minimum Gasteiger partial charge on any atom is -0.493 e. The van der Waals surface area contributed by atoms with Crippen LogP contribution in [0.15, 0.2) is 42.7 Å². The topological polar surface area (TPSA) is 92.4 Å². The fraction of sp³-hybridized carbons (Fsp3) is 0.400. The van der Waals surface area contributed by atoms with Gasteiger partial charge in [-0.15, -0.1) is 0 Å². The first-order valence-corrected chi connectivity index (χ1v) is 11.3. The second-order valence-electron chi connectivity index (χ2n) is 8.58. The average Bonchev–Trinajstić information content (AvgIpc) is 3.48. The van der Waals surface area contributed by atoms with Crippen molar-refractivity contribution >= 4 is 11.7 Å². The monoisotopic (exact) mass is 449 g/mol. The van der Waals surface area contributed by atoms with Crippen molar-refractivity contribution < 1.29 is 14.3 Å². The number of carbonyl (C=O) groups excluding carboxylic acids is 1. The van der Waals surface area contributed by atoms with Gasteiger partial charge in [0.25, 0.3) is 0 Å². The van der Waals surface area contributed by atoms with Gasteiger partial charge in [-0.3, -0.25) is 9.89 Å². The number of methoxy groups -OCH3 is 1. The number of nitrogens with one attached hydrogen (secondary N) is 2. The summed E-state index contributed by atoms with van der Waals surface area (Å²) in [5, 5.41) is 10.8.